The zero-order chi connectivity index (χ0) is 14.5. The van der Waals surface area contributed by atoms with Gasteiger partial charge in [-0.15, -0.1) is 11.3 Å². The van der Waals surface area contributed by atoms with Gasteiger partial charge in [-0.25, -0.2) is 0 Å². The first-order valence-electron chi connectivity index (χ1n) is 6.07. The zero-order valence-corrected chi connectivity index (χ0v) is 12.4. The molecule has 1 aromatic carbocycles. The Morgan fingerprint density at radius 3 is 2.75 bits per heavy atom. The monoisotopic (exact) mass is 307 g/mol. The number of hydrogen-bond donors (Lipinski definition) is 2. The number of carbonyl (C=O) groups excluding carboxylic acids is 1. The Morgan fingerprint density at radius 1 is 1.35 bits per heavy atom. The van der Waals surface area contributed by atoms with Crippen molar-refractivity contribution in [3.63, 3.8) is 0 Å². The number of benzene rings is 1. The predicted octanol–water partition coefficient (Wildman–Crippen LogP) is 4.11. The second-order valence-corrected chi connectivity index (χ2v) is 5.97. The van der Waals surface area contributed by atoms with E-state index in [-0.39, 0.29) is 5.91 Å². The first-order valence-corrected chi connectivity index (χ1v) is 7.27. The van der Waals surface area contributed by atoms with Crippen LogP contribution in [0.25, 0.3) is 6.08 Å². The van der Waals surface area contributed by atoms with Gasteiger partial charge in [-0.05, 0) is 31.2 Å². The number of aliphatic hydroxyl groups is 1. The molecule has 0 aliphatic heterocycles. The number of aliphatic hydroxyl groups excluding tert-OH is 1. The van der Waals surface area contributed by atoms with Crippen molar-refractivity contribution < 1.29 is 9.90 Å². The van der Waals surface area contributed by atoms with Gasteiger partial charge >= 0.3 is 0 Å². The summed E-state index contributed by atoms with van der Waals surface area (Å²) < 4.78 is 0.685. The van der Waals surface area contributed by atoms with Gasteiger partial charge in [-0.3, -0.25) is 4.79 Å². The molecular weight excluding hydrogens is 294 g/mol. The highest BCUT2D eigenvalue weighted by Gasteiger charge is 2.08. The Hall–Kier alpha value is -1.62. The molecule has 0 saturated heterocycles. The fourth-order valence-electron chi connectivity index (χ4n) is 1.73. The fraction of sp³-hybridized carbons (Fsp3) is 0.133. The number of hydrogen-bond acceptors (Lipinski definition) is 3. The van der Waals surface area contributed by atoms with Crippen molar-refractivity contribution in [2.75, 3.05) is 5.32 Å². The molecule has 2 rings (SSSR count). The van der Waals surface area contributed by atoms with Crippen LogP contribution in [0.2, 0.25) is 4.34 Å². The van der Waals surface area contributed by atoms with E-state index in [1.165, 1.54) is 17.4 Å². The molecule has 0 fully saturated rings. The van der Waals surface area contributed by atoms with Gasteiger partial charge in [0, 0.05) is 22.2 Å². The largest absolute Gasteiger partial charge is 0.389 e. The summed E-state index contributed by atoms with van der Waals surface area (Å²) in [6, 6.07) is 10.8. The van der Waals surface area contributed by atoms with Crippen LogP contribution in [-0.2, 0) is 4.79 Å². The molecule has 20 heavy (non-hydrogen) atoms. The Kier molecular flexibility index (Phi) is 4.95. The van der Waals surface area contributed by atoms with Crippen LogP contribution in [0.4, 0.5) is 5.69 Å². The highest BCUT2D eigenvalue weighted by atomic mass is 35.5. The minimum absolute atomic E-state index is 0.248. The highest BCUT2D eigenvalue weighted by Crippen LogP contribution is 2.23. The van der Waals surface area contributed by atoms with Gasteiger partial charge in [0.1, 0.15) is 0 Å². The molecule has 1 amide bonds. The third-order valence-corrected chi connectivity index (χ3v) is 3.86. The summed E-state index contributed by atoms with van der Waals surface area (Å²) in [6.45, 7) is 1.66. The van der Waals surface area contributed by atoms with Crippen LogP contribution in [0.15, 0.2) is 42.5 Å². The summed E-state index contributed by atoms with van der Waals surface area (Å²) in [6.07, 6.45) is 2.52. The summed E-state index contributed by atoms with van der Waals surface area (Å²) in [5.41, 5.74) is 1.30. The Labute approximate surface area is 126 Å². The second-order valence-electron chi connectivity index (χ2n) is 4.23. The molecule has 1 aromatic heterocycles. The van der Waals surface area contributed by atoms with E-state index < -0.39 is 6.10 Å². The van der Waals surface area contributed by atoms with Crippen molar-refractivity contribution in [2.45, 2.75) is 13.0 Å². The van der Waals surface area contributed by atoms with Crippen LogP contribution in [0.3, 0.4) is 0 Å². The van der Waals surface area contributed by atoms with Crippen LogP contribution in [0.1, 0.15) is 23.5 Å². The molecule has 1 heterocycles. The smallest absolute Gasteiger partial charge is 0.248 e. The number of amides is 1. The van der Waals surface area contributed by atoms with Crippen molar-refractivity contribution in [1.29, 1.82) is 0 Å². The molecule has 1 unspecified atom stereocenters. The van der Waals surface area contributed by atoms with Gasteiger partial charge in [-0.2, -0.15) is 0 Å². The van der Waals surface area contributed by atoms with E-state index in [4.69, 9.17) is 11.6 Å². The van der Waals surface area contributed by atoms with Gasteiger partial charge < -0.3 is 10.4 Å². The van der Waals surface area contributed by atoms with Gasteiger partial charge in [-0.1, -0.05) is 29.8 Å². The molecule has 2 aromatic rings. The molecule has 2 N–H and O–H groups in total. The highest BCUT2D eigenvalue weighted by molar-refractivity contribution is 7.17. The molecule has 1 atom stereocenters. The Morgan fingerprint density at radius 2 is 2.10 bits per heavy atom. The van der Waals surface area contributed by atoms with Gasteiger partial charge in [0.2, 0.25) is 5.91 Å². The average Bonchev–Trinajstić information content (AvgIpc) is 2.83. The number of anilines is 1. The molecule has 0 aliphatic carbocycles. The number of para-hydroxylation sites is 1. The number of halogens is 1. The summed E-state index contributed by atoms with van der Waals surface area (Å²) in [4.78, 5) is 12.8. The lowest BCUT2D eigenvalue weighted by atomic mass is 10.1. The number of thiophene rings is 1. The molecule has 0 saturated carbocycles. The lowest BCUT2D eigenvalue weighted by Crippen LogP contribution is -2.10. The van der Waals surface area contributed by atoms with E-state index in [0.717, 1.165) is 4.88 Å². The van der Waals surface area contributed by atoms with Crippen molar-refractivity contribution in [2.24, 2.45) is 0 Å². The molecule has 3 nitrogen and oxygen atoms in total. The minimum atomic E-state index is -0.633. The number of rotatable bonds is 4. The van der Waals surface area contributed by atoms with Crippen molar-refractivity contribution in [1.82, 2.24) is 0 Å². The van der Waals surface area contributed by atoms with E-state index in [0.29, 0.717) is 15.6 Å². The lowest BCUT2D eigenvalue weighted by Gasteiger charge is -2.11. The van der Waals surface area contributed by atoms with Crippen molar-refractivity contribution in [3.8, 4) is 0 Å². The maximum Gasteiger partial charge on any atom is 0.248 e. The quantitative estimate of drug-likeness (QED) is 0.835. The van der Waals surface area contributed by atoms with Crippen molar-refractivity contribution in [3.05, 3.63) is 57.3 Å². The minimum Gasteiger partial charge on any atom is -0.389 e. The maximum atomic E-state index is 11.9. The molecule has 0 bridgehead atoms. The predicted molar refractivity (Wildman–Crippen MR) is 84.1 cm³/mol. The van der Waals surface area contributed by atoms with Crippen molar-refractivity contribution >= 4 is 40.6 Å². The summed E-state index contributed by atoms with van der Waals surface area (Å²) in [7, 11) is 0. The van der Waals surface area contributed by atoms with E-state index in [1.54, 1.807) is 31.2 Å². The Balaban J connectivity index is 2.07. The normalized spacial score (nSPS) is 12.6. The fourth-order valence-corrected chi connectivity index (χ4v) is 2.69. The molecule has 0 aliphatic rings. The van der Waals surface area contributed by atoms with Crippen LogP contribution >= 0.6 is 22.9 Å². The topological polar surface area (TPSA) is 49.3 Å². The van der Waals surface area contributed by atoms with Gasteiger partial charge in [0.15, 0.2) is 0 Å². The molecule has 104 valence electrons. The SMILES string of the molecule is CC(O)c1ccccc1NC(=O)C=Cc1ccc(Cl)s1. The van der Waals surface area contributed by atoms with E-state index in [2.05, 4.69) is 5.32 Å². The first kappa shape index (κ1) is 14.8. The van der Waals surface area contributed by atoms with Crippen LogP contribution < -0.4 is 5.32 Å². The molecular formula is C15H14ClNO2S. The third kappa shape index (κ3) is 3.93. The molecule has 0 spiro atoms. The standard InChI is InChI=1S/C15H14ClNO2S/c1-10(18)12-4-2-3-5-13(12)17-15(19)9-7-11-6-8-14(16)20-11/h2-10,18H,1H3,(H,17,19). The first-order chi connectivity index (χ1) is 9.56. The third-order valence-electron chi connectivity index (χ3n) is 2.66. The second kappa shape index (κ2) is 6.70. The average molecular weight is 308 g/mol. The molecule has 0 radical (unpaired) electrons. The van der Waals surface area contributed by atoms with E-state index in [9.17, 15) is 9.90 Å². The van der Waals surface area contributed by atoms with E-state index >= 15 is 0 Å². The van der Waals surface area contributed by atoms with Crippen LogP contribution in [0.5, 0.6) is 0 Å². The molecule has 5 heteroatoms. The summed E-state index contributed by atoms with van der Waals surface area (Å²) >= 11 is 7.22. The van der Waals surface area contributed by atoms with Crippen LogP contribution in [-0.4, -0.2) is 11.0 Å². The van der Waals surface area contributed by atoms with E-state index in [1.807, 2.05) is 18.2 Å². The summed E-state index contributed by atoms with van der Waals surface area (Å²) in [5.74, 6) is -0.248. The lowest BCUT2D eigenvalue weighted by molar-refractivity contribution is -0.111. The Bertz CT molecular complexity index is 634. The number of nitrogens with one attached hydrogen (secondary N) is 1. The maximum absolute atomic E-state index is 11.9. The zero-order valence-electron chi connectivity index (χ0n) is 10.8. The van der Waals surface area contributed by atoms with Gasteiger partial charge in [0.05, 0.1) is 10.4 Å². The number of carbonyl (C=O) groups is 1. The van der Waals surface area contributed by atoms with Crippen LogP contribution in [0, 0.1) is 0 Å². The summed E-state index contributed by atoms with van der Waals surface area (Å²) in [5, 5.41) is 12.4. The van der Waals surface area contributed by atoms with Gasteiger partial charge in [0.25, 0.3) is 0 Å².